The van der Waals surface area contributed by atoms with Crippen molar-refractivity contribution in [2.24, 2.45) is 0 Å². The molecule has 178 valence electrons. The molecule has 0 amide bonds. The molecule has 1 unspecified atom stereocenters. The minimum Gasteiger partial charge on any atom is -0.454 e. The Balaban J connectivity index is 1.74. The molecule has 0 bridgehead atoms. The molecule has 0 saturated heterocycles. The summed E-state index contributed by atoms with van der Waals surface area (Å²) in [5.41, 5.74) is 0.908. The Morgan fingerprint density at radius 1 is 1.03 bits per heavy atom. The number of hydrogen-bond donors (Lipinski definition) is 0. The number of benzene rings is 3. The van der Waals surface area contributed by atoms with Crippen LogP contribution in [0.3, 0.4) is 0 Å². The molecule has 0 radical (unpaired) electrons. The first-order valence-electron chi connectivity index (χ1n) is 10.7. The Morgan fingerprint density at radius 2 is 1.74 bits per heavy atom. The van der Waals surface area contributed by atoms with Gasteiger partial charge in [-0.2, -0.15) is 8.78 Å². The minimum atomic E-state index is -2.91. The summed E-state index contributed by atoms with van der Waals surface area (Å²) in [6.07, 6.45) is 3.72. The number of alkyl halides is 2. The monoisotopic (exact) mass is 488 g/mol. The maximum Gasteiger partial charge on any atom is 0.387 e. The Bertz CT molecular complexity index is 1120. The van der Waals surface area contributed by atoms with Crippen molar-refractivity contribution in [2.75, 3.05) is 0 Å². The van der Waals surface area contributed by atoms with E-state index < -0.39 is 17.8 Å². The normalized spacial score (nSPS) is 13.4. The predicted octanol–water partition coefficient (Wildman–Crippen LogP) is 7.82. The van der Waals surface area contributed by atoms with Crippen LogP contribution in [-0.4, -0.2) is 12.9 Å². The summed E-state index contributed by atoms with van der Waals surface area (Å²) in [5, 5.41) is 0.331. The number of aldehydes is 1. The molecule has 0 fully saturated rings. The molecule has 0 spiro atoms. The zero-order valence-corrected chi connectivity index (χ0v) is 19.3. The number of aryl methyl sites for hydroxylation is 1. The van der Waals surface area contributed by atoms with Gasteiger partial charge in [0.25, 0.3) is 0 Å². The van der Waals surface area contributed by atoms with Crippen molar-refractivity contribution in [3.8, 4) is 17.2 Å². The first kappa shape index (κ1) is 25.4. The maximum absolute atomic E-state index is 14.3. The van der Waals surface area contributed by atoms with Crippen molar-refractivity contribution < 1.29 is 27.4 Å². The summed E-state index contributed by atoms with van der Waals surface area (Å²) < 4.78 is 49.3. The molecule has 0 N–H and O–H groups in total. The second kappa shape index (κ2) is 11.7. The smallest absolute Gasteiger partial charge is 0.387 e. The molecule has 7 heteroatoms. The van der Waals surface area contributed by atoms with Crippen LogP contribution in [0.4, 0.5) is 13.2 Å². The molecule has 0 heterocycles. The summed E-state index contributed by atoms with van der Waals surface area (Å²) >= 11 is 6.47. The molecule has 0 saturated carbocycles. The highest BCUT2D eigenvalue weighted by atomic mass is 35.5. The number of rotatable bonds is 11. The predicted molar refractivity (Wildman–Crippen MR) is 126 cm³/mol. The fourth-order valence-corrected chi connectivity index (χ4v) is 3.95. The Kier molecular flexibility index (Phi) is 8.77. The third-order valence-corrected chi connectivity index (χ3v) is 6.11. The third-order valence-electron chi connectivity index (χ3n) is 5.57. The van der Waals surface area contributed by atoms with Gasteiger partial charge in [0, 0.05) is 10.4 Å². The van der Waals surface area contributed by atoms with Gasteiger partial charge in [0.2, 0.25) is 0 Å². The van der Waals surface area contributed by atoms with E-state index in [9.17, 15) is 18.0 Å². The molecule has 3 aromatic rings. The van der Waals surface area contributed by atoms with Crippen LogP contribution in [0.5, 0.6) is 17.2 Å². The lowest BCUT2D eigenvalue weighted by Crippen LogP contribution is -2.23. The van der Waals surface area contributed by atoms with Crippen LogP contribution in [0.25, 0.3) is 0 Å². The Morgan fingerprint density at radius 3 is 2.38 bits per heavy atom. The van der Waals surface area contributed by atoms with E-state index in [2.05, 4.69) is 4.74 Å². The largest absolute Gasteiger partial charge is 0.454 e. The zero-order valence-electron chi connectivity index (χ0n) is 18.5. The summed E-state index contributed by atoms with van der Waals surface area (Å²) in [6.45, 7) is -1.03. The van der Waals surface area contributed by atoms with E-state index in [1.165, 1.54) is 24.3 Å². The highest BCUT2D eigenvalue weighted by molar-refractivity contribution is 6.31. The van der Waals surface area contributed by atoms with Crippen LogP contribution in [0.2, 0.25) is 0 Å². The van der Waals surface area contributed by atoms with Crippen molar-refractivity contribution in [2.45, 2.75) is 38.2 Å². The van der Waals surface area contributed by atoms with Crippen LogP contribution < -0.4 is 9.47 Å². The van der Waals surface area contributed by atoms with Gasteiger partial charge >= 0.3 is 6.61 Å². The number of ether oxygens (including phenoxy) is 2. The third kappa shape index (κ3) is 6.64. The molecule has 0 aliphatic heterocycles. The fourth-order valence-electron chi connectivity index (χ4n) is 3.69. The molecular formula is C27H24ClF3O3. The first-order chi connectivity index (χ1) is 16.3. The standard InChI is InChI=1S/C27H24ClF3O3/c1-27(25(28)15-17-32,20-10-12-22(13-11-20)34-26(30)31)16-5-6-19-9-14-23(29)24(18-19)33-21-7-3-2-4-8-21/h2-4,7-15,17-18,26H,5-6,16H2,1H3. The molecule has 34 heavy (non-hydrogen) atoms. The van der Waals surface area contributed by atoms with Crippen LogP contribution in [-0.2, 0) is 16.6 Å². The summed E-state index contributed by atoms with van der Waals surface area (Å²) in [7, 11) is 0. The van der Waals surface area contributed by atoms with E-state index in [0.29, 0.717) is 36.3 Å². The maximum atomic E-state index is 14.3. The number of para-hydroxylation sites is 1. The van der Waals surface area contributed by atoms with Gasteiger partial charge in [0.1, 0.15) is 17.8 Å². The molecule has 0 aromatic heterocycles. The number of halogens is 4. The van der Waals surface area contributed by atoms with Crippen LogP contribution in [0.15, 0.2) is 83.9 Å². The summed E-state index contributed by atoms with van der Waals surface area (Å²) in [5.74, 6) is 0.255. The fraction of sp³-hybridized carbons (Fsp3) is 0.222. The Hall–Kier alpha value is -3.25. The van der Waals surface area contributed by atoms with Crippen molar-refractivity contribution in [3.63, 3.8) is 0 Å². The number of hydrogen-bond acceptors (Lipinski definition) is 3. The average molecular weight is 489 g/mol. The highest BCUT2D eigenvalue weighted by Crippen LogP contribution is 2.40. The number of allylic oxidation sites excluding steroid dienone is 2. The van der Waals surface area contributed by atoms with Gasteiger partial charge in [0.15, 0.2) is 11.6 Å². The van der Waals surface area contributed by atoms with E-state index in [0.717, 1.165) is 11.1 Å². The average Bonchev–Trinajstić information content (AvgIpc) is 2.82. The van der Waals surface area contributed by atoms with Crippen molar-refractivity contribution in [1.82, 2.24) is 0 Å². The van der Waals surface area contributed by atoms with Gasteiger partial charge in [-0.3, -0.25) is 4.79 Å². The van der Waals surface area contributed by atoms with E-state index in [-0.39, 0.29) is 11.5 Å². The van der Waals surface area contributed by atoms with E-state index in [1.54, 1.807) is 48.5 Å². The molecule has 0 aliphatic rings. The number of carbonyl (C=O) groups is 1. The van der Waals surface area contributed by atoms with Crippen LogP contribution in [0, 0.1) is 5.82 Å². The highest BCUT2D eigenvalue weighted by Gasteiger charge is 2.30. The molecule has 1 atom stereocenters. The lowest BCUT2D eigenvalue weighted by atomic mass is 9.77. The van der Waals surface area contributed by atoms with Gasteiger partial charge in [0.05, 0.1) is 0 Å². The van der Waals surface area contributed by atoms with Gasteiger partial charge in [-0.05, 0) is 72.9 Å². The van der Waals surface area contributed by atoms with Gasteiger partial charge in [-0.15, -0.1) is 0 Å². The van der Waals surface area contributed by atoms with Gasteiger partial charge in [-0.25, -0.2) is 4.39 Å². The molecule has 3 aromatic carbocycles. The van der Waals surface area contributed by atoms with Gasteiger partial charge in [-0.1, -0.05) is 54.9 Å². The Labute approximate surface area is 201 Å². The molecular weight excluding hydrogens is 465 g/mol. The quantitative estimate of drug-likeness (QED) is 0.204. The molecule has 3 nitrogen and oxygen atoms in total. The van der Waals surface area contributed by atoms with Crippen molar-refractivity contribution >= 4 is 17.9 Å². The second-order valence-corrected chi connectivity index (χ2v) is 8.33. The molecule has 3 rings (SSSR count). The SMILES string of the molecule is CC(CCCc1ccc(F)c(Oc2ccccc2)c1)(C(Cl)=CC=O)c1ccc(OC(F)F)cc1. The first-order valence-corrected chi connectivity index (χ1v) is 11.1. The minimum absolute atomic E-state index is 0.0360. The van der Waals surface area contributed by atoms with E-state index in [4.69, 9.17) is 16.3 Å². The zero-order chi connectivity index (χ0) is 24.6. The second-order valence-electron chi connectivity index (χ2n) is 7.92. The van der Waals surface area contributed by atoms with Crippen LogP contribution >= 0.6 is 11.6 Å². The summed E-state index contributed by atoms with van der Waals surface area (Å²) in [4.78, 5) is 11.1. The lowest BCUT2D eigenvalue weighted by molar-refractivity contribution is -0.104. The van der Waals surface area contributed by atoms with Crippen molar-refractivity contribution in [3.05, 3.63) is 101 Å². The molecule has 0 aliphatic carbocycles. The number of carbonyl (C=O) groups excluding carboxylic acids is 1. The van der Waals surface area contributed by atoms with E-state index >= 15 is 0 Å². The topological polar surface area (TPSA) is 35.5 Å². The van der Waals surface area contributed by atoms with Gasteiger partial charge < -0.3 is 9.47 Å². The van der Waals surface area contributed by atoms with Crippen molar-refractivity contribution in [1.29, 1.82) is 0 Å². The lowest BCUT2D eigenvalue weighted by Gasteiger charge is -2.30. The van der Waals surface area contributed by atoms with Crippen LogP contribution in [0.1, 0.15) is 30.9 Å². The summed E-state index contributed by atoms with van der Waals surface area (Å²) in [6, 6.07) is 19.9. The van der Waals surface area contributed by atoms with E-state index in [1.807, 2.05) is 13.0 Å².